The van der Waals surface area contributed by atoms with Crippen LogP contribution < -0.4 is 5.32 Å². The number of nitrogens with one attached hydrogen (secondary N) is 1. The van der Waals surface area contributed by atoms with Crippen molar-refractivity contribution in [3.05, 3.63) is 22.5 Å². The minimum Gasteiger partial charge on any atom is -0.354 e. The highest BCUT2D eigenvalue weighted by molar-refractivity contribution is 5.77. The Balaban J connectivity index is 1.70. The molecule has 0 atom stereocenters. The molecule has 102 valence electrons. The van der Waals surface area contributed by atoms with Crippen LogP contribution in [0.2, 0.25) is 0 Å². The van der Waals surface area contributed by atoms with Gasteiger partial charge in [0, 0.05) is 26.1 Å². The van der Waals surface area contributed by atoms with Crippen LogP contribution >= 0.6 is 0 Å². The lowest BCUT2D eigenvalue weighted by Gasteiger charge is -2.15. The molecule has 1 aliphatic rings. The molecule has 0 aliphatic carbocycles. The van der Waals surface area contributed by atoms with Gasteiger partial charge in [-0.25, -0.2) is 9.97 Å². The third-order valence-corrected chi connectivity index (χ3v) is 2.91. The van der Waals surface area contributed by atoms with Gasteiger partial charge < -0.3 is 10.2 Å². The Kier molecular flexibility index (Phi) is 4.22. The lowest BCUT2D eigenvalue weighted by Crippen LogP contribution is -2.27. The minimum absolute atomic E-state index is 0.131. The molecule has 0 unspecified atom stereocenters. The lowest BCUT2D eigenvalue weighted by molar-refractivity contribution is -0.385. The maximum atomic E-state index is 11.4. The highest BCUT2D eigenvalue weighted by Crippen LogP contribution is 2.10. The van der Waals surface area contributed by atoms with Gasteiger partial charge in [0.15, 0.2) is 0 Å². The van der Waals surface area contributed by atoms with Gasteiger partial charge in [0.1, 0.15) is 12.4 Å². The molecule has 1 fully saturated rings. The number of rotatable bonds is 6. The molecule has 1 amide bonds. The van der Waals surface area contributed by atoms with E-state index in [1.54, 1.807) is 0 Å². The smallest absolute Gasteiger partial charge is 0.305 e. The van der Waals surface area contributed by atoms with Crippen LogP contribution in [0, 0.1) is 10.1 Å². The Morgan fingerprint density at radius 2 is 2.16 bits per heavy atom. The summed E-state index contributed by atoms with van der Waals surface area (Å²) >= 11 is 0. The molecule has 0 radical (unpaired) electrons. The molecule has 1 aromatic heterocycles. The van der Waals surface area contributed by atoms with E-state index in [1.807, 2.05) is 4.90 Å². The highest BCUT2D eigenvalue weighted by Gasteiger charge is 2.18. The van der Waals surface area contributed by atoms with E-state index >= 15 is 0 Å². The van der Waals surface area contributed by atoms with Crippen molar-refractivity contribution >= 4 is 17.5 Å². The third kappa shape index (κ3) is 3.60. The summed E-state index contributed by atoms with van der Waals surface area (Å²) in [5, 5.41) is 13.4. The van der Waals surface area contributed by atoms with Crippen molar-refractivity contribution < 1.29 is 9.72 Å². The Hall–Kier alpha value is -2.25. The maximum absolute atomic E-state index is 11.4. The summed E-state index contributed by atoms with van der Waals surface area (Å²) in [5.74, 6) is 0.574. The number of amides is 1. The number of hydrogen-bond acceptors (Lipinski definition) is 6. The third-order valence-electron chi connectivity index (χ3n) is 2.91. The van der Waals surface area contributed by atoms with E-state index in [1.165, 1.54) is 12.4 Å². The van der Waals surface area contributed by atoms with Crippen LogP contribution in [0.3, 0.4) is 0 Å². The molecule has 19 heavy (non-hydrogen) atoms. The van der Waals surface area contributed by atoms with E-state index in [9.17, 15) is 14.9 Å². The van der Waals surface area contributed by atoms with Crippen molar-refractivity contribution in [2.24, 2.45) is 0 Å². The number of nitro groups is 1. The number of likely N-dealkylation sites (tertiary alicyclic amines) is 1. The Morgan fingerprint density at radius 3 is 2.74 bits per heavy atom. The predicted molar refractivity (Wildman–Crippen MR) is 67.6 cm³/mol. The van der Waals surface area contributed by atoms with Gasteiger partial charge in [-0.1, -0.05) is 0 Å². The van der Waals surface area contributed by atoms with E-state index in [0.717, 1.165) is 25.9 Å². The molecule has 2 rings (SSSR count). The van der Waals surface area contributed by atoms with E-state index in [-0.39, 0.29) is 11.6 Å². The van der Waals surface area contributed by atoms with Gasteiger partial charge in [-0.3, -0.25) is 14.9 Å². The summed E-state index contributed by atoms with van der Waals surface area (Å²) in [6.07, 6.45) is 4.72. The quantitative estimate of drug-likeness (QED) is 0.464. The Morgan fingerprint density at radius 1 is 1.42 bits per heavy atom. The fraction of sp³-hybridized carbons (Fsp3) is 0.545. The standard InChI is InChI=1S/C11H15N5O3/c17-10-3-1-5-15(10)6-2-4-12-11-13-7-9(8-14-11)16(18)19/h7-8H,1-6H2,(H,12,13,14). The molecule has 2 heterocycles. The van der Waals surface area contributed by atoms with Gasteiger partial charge in [0.05, 0.1) is 4.92 Å². The Labute approximate surface area is 110 Å². The number of nitrogens with zero attached hydrogens (tertiary/aromatic N) is 4. The molecule has 1 aliphatic heterocycles. The second kappa shape index (κ2) is 6.07. The summed E-state index contributed by atoms with van der Waals surface area (Å²) in [7, 11) is 0. The van der Waals surface area contributed by atoms with Crippen LogP contribution in [-0.4, -0.2) is 45.3 Å². The van der Waals surface area contributed by atoms with Gasteiger partial charge in [-0.15, -0.1) is 0 Å². The number of aromatic nitrogens is 2. The molecule has 0 saturated carbocycles. The van der Waals surface area contributed by atoms with E-state index in [0.29, 0.717) is 18.9 Å². The van der Waals surface area contributed by atoms with Crippen LogP contribution in [0.4, 0.5) is 11.6 Å². The number of anilines is 1. The molecule has 1 saturated heterocycles. The summed E-state index contributed by atoms with van der Waals surface area (Å²) in [5.41, 5.74) is -0.131. The van der Waals surface area contributed by atoms with E-state index < -0.39 is 4.92 Å². The first-order valence-corrected chi connectivity index (χ1v) is 6.15. The second-order valence-electron chi connectivity index (χ2n) is 4.29. The normalized spacial score (nSPS) is 14.7. The number of carbonyl (C=O) groups excluding carboxylic acids is 1. The van der Waals surface area contributed by atoms with Crippen LogP contribution in [0.1, 0.15) is 19.3 Å². The molecule has 1 aromatic rings. The zero-order valence-electron chi connectivity index (χ0n) is 10.4. The SMILES string of the molecule is O=C1CCCN1CCCNc1ncc([N+](=O)[O-])cn1. The average Bonchev–Trinajstić information content (AvgIpc) is 2.81. The molecule has 0 spiro atoms. The van der Waals surface area contributed by atoms with Gasteiger partial charge in [-0.05, 0) is 12.8 Å². The molecule has 0 bridgehead atoms. The lowest BCUT2D eigenvalue weighted by atomic mass is 10.4. The molecule has 8 nitrogen and oxygen atoms in total. The van der Waals surface area contributed by atoms with Crippen molar-refractivity contribution in [2.45, 2.75) is 19.3 Å². The summed E-state index contributed by atoms with van der Waals surface area (Å²) < 4.78 is 0. The summed E-state index contributed by atoms with van der Waals surface area (Å²) in [4.78, 5) is 30.8. The molecule has 0 aromatic carbocycles. The molecule has 1 N–H and O–H groups in total. The number of carbonyl (C=O) groups is 1. The second-order valence-corrected chi connectivity index (χ2v) is 4.29. The predicted octanol–water partition coefficient (Wildman–Crippen LogP) is 0.809. The van der Waals surface area contributed by atoms with Crippen molar-refractivity contribution in [2.75, 3.05) is 25.0 Å². The highest BCUT2D eigenvalue weighted by atomic mass is 16.6. The van der Waals surface area contributed by atoms with Gasteiger partial charge in [0.2, 0.25) is 11.9 Å². The first-order valence-electron chi connectivity index (χ1n) is 6.15. The zero-order valence-corrected chi connectivity index (χ0v) is 10.4. The minimum atomic E-state index is -0.539. The van der Waals surface area contributed by atoms with Crippen molar-refractivity contribution in [1.29, 1.82) is 0 Å². The average molecular weight is 265 g/mol. The van der Waals surface area contributed by atoms with Crippen molar-refractivity contribution in [3.8, 4) is 0 Å². The Bertz CT molecular complexity index is 462. The van der Waals surface area contributed by atoms with Gasteiger partial charge in [0.25, 0.3) is 0 Å². The summed E-state index contributed by atoms with van der Waals surface area (Å²) in [6.45, 7) is 2.19. The van der Waals surface area contributed by atoms with Crippen molar-refractivity contribution in [1.82, 2.24) is 14.9 Å². The number of hydrogen-bond donors (Lipinski definition) is 1. The van der Waals surface area contributed by atoms with E-state index in [2.05, 4.69) is 15.3 Å². The van der Waals surface area contributed by atoms with Crippen LogP contribution in [-0.2, 0) is 4.79 Å². The fourth-order valence-electron chi connectivity index (χ4n) is 1.92. The maximum Gasteiger partial charge on any atom is 0.305 e. The van der Waals surface area contributed by atoms with Crippen LogP contribution in [0.15, 0.2) is 12.4 Å². The molecular formula is C11H15N5O3. The molecular weight excluding hydrogens is 250 g/mol. The largest absolute Gasteiger partial charge is 0.354 e. The van der Waals surface area contributed by atoms with Crippen LogP contribution in [0.5, 0.6) is 0 Å². The van der Waals surface area contributed by atoms with Gasteiger partial charge in [-0.2, -0.15) is 0 Å². The van der Waals surface area contributed by atoms with Gasteiger partial charge >= 0.3 is 5.69 Å². The molecule has 8 heteroatoms. The zero-order chi connectivity index (χ0) is 13.7. The topological polar surface area (TPSA) is 101 Å². The monoisotopic (exact) mass is 265 g/mol. The van der Waals surface area contributed by atoms with E-state index in [4.69, 9.17) is 0 Å². The van der Waals surface area contributed by atoms with Crippen LogP contribution in [0.25, 0.3) is 0 Å². The summed E-state index contributed by atoms with van der Waals surface area (Å²) in [6, 6.07) is 0. The van der Waals surface area contributed by atoms with Crippen molar-refractivity contribution in [3.63, 3.8) is 0 Å². The first-order chi connectivity index (χ1) is 9.16. The fourth-order valence-corrected chi connectivity index (χ4v) is 1.92. The first kappa shape index (κ1) is 13.2.